The zero-order chi connectivity index (χ0) is 14.5. The summed E-state index contributed by atoms with van der Waals surface area (Å²) in [5.74, 6) is 0.612. The minimum atomic E-state index is 0.298. The van der Waals surface area contributed by atoms with Crippen LogP contribution in [0.2, 0.25) is 0 Å². The van der Waals surface area contributed by atoms with E-state index in [0.717, 1.165) is 45.3 Å². The lowest BCUT2D eigenvalue weighted by molar-refractivity contribution is -0.125. The van der Waals surface area contributed by atoms with E-state index in [4.69, 9.17) is 0 Å². The quantitative estimate of drug-likeness (QED) is 0.923. The van der Waals surface area contributed by atoms with E-state index >= 15 is 0 Å². The highest BCUT2D eigenvalue weighted by Crippen LogP contribution is 2.25. The number of hydrogen-bond donors (Lipinski definition) is 1. The Morgan fingerprint density at radius 2 is 1.71 bits per heavy atom. The molecular formula is C18H26N2O. The molecule has 1 aromatic rings. The first-order valence-corrected chi connectivity index (χ1v) is 8.38. The Morgan fingerprint density at radius 3 is 2.38 bits per heavy atom. The van der Waals surface area contributed by atoms with Gasteiger partial charge < -0.3 is 5.32 Å². The van der Waals surface area contributed by atoms with Gasteiger partial charge in [0.05, 0.1) is 0 Å². The van der Waals surface area contributed by atoms with Crippen molar-refractivity contribution in [1.82, 2.24) is 10.2 Å². The Balaban J connectivity index is 1.41. The Hall–Kier alpha value is -1.35. The molecule has 3 nitrogen and oxygen atoms in total. The van der Waals surface area contributed by atoms with Gasteiger partial charge in [0, 0.05) is 31.6 Å². The van der Waals surface area contributed by atoms with E-state index in [1.165, 1.54) is 18.4 Å². The molecule has 1 saturated heterocycles. The number of benzene rings is 1. The van der Waals surface area contributed by atoms with Crippen LogP contribution in [-0.4, -0.2) is 29.9 Å². The molecule has 1 aliphatic carbocycles. The van der Waals surface area contributed by atoms with Gasteiger partial charge >= 0.3 is 0 Å². The third kappa shape index (κ3) is 4.07. The smallest absolute Gasteiger partial charge is 0.223 e. The molecule has 2 aliphatic rings. The van der Waals surface area contributed by atoms with Crippen LogP contribution < -0.4 is 5.32 Å². The molecule has 114 valence electrons. The van der Waals surface area contributed by atoms with E-state index in [0.29, 0.717) is 17.9 Å². The first kappa shape index (κ1) is 14.6. The van der Waals surface area contributed by atoms with Crippen LogP contribution in [0.3, 0.4) is 0 Å². The molecule has 3 heteroatoms. The highest BCUT2D eigenvalue weighted by atomic mass is 16.1. The second-order valence-corrected chi connectivity index (χ2v) is 6.53. The van der Waals surface area contributed by atoms with Gasteiger partial charge in [0.15, 0.2) is 0 Å². The SMILES string of the molecule is O=C(NC1CCN(Cc2ccccc2)CC1)C1CCCC1. The molecule has 0 atom stereocenters. The van der Waals surface area contributed by atoms with Crippen LogP contribution in [0.4, 0.5) is 0 Å². The number of carbonyl (C=O) groups is 1. The molecule has 0 bridgehead atoms. The predicted octanol–water partition coefficient (Wildman–Crippen LogP) is 2.96. The maximum Gasteiger partial charge on any atom is 0.223 e. The summed E-state index contributed by atoms with van der Waals surface area (Å²) in [7, 11) is 0. The largest absolute Gasteiger partial charge is 0.353 e. The van der Waals surface area contributed by atoms with Gasteiger partial charge in [0.25, 0.3) is 0 Å². The molecule has 3 rings (SSSR count). The number of carbonyl (C=O) groups excluding carboxylic acids is 1. The average molecular weight is 286 g/mol. The van der Waals surface area contributed by atoms with Crippen molar-refractivity contribution in [3.63, 3.8) is 0 Å². The average Bonchev–Trinajstić information content (AvgIpc) is 3.05. The number of likely N-dealkylation sites (tertiary alicyclic amines) is 1. The van der Waals surface area contributed by atoms with E-state index in [-0.39, 0.29) is 0 Å². The maximum atomic E-state index is 12.2. The maximum absolute atomic E-state index is 12.2. The number of nitrogens with one attached hydrogen (secondary N) is 1. The van der Waals surface area contributed by atoms with Crippen molar-refractivity contribution in [2.45, 2.75) is 51.1 Å². The van der Waals surface area contributed by atoms with Crippen molar-refractivity contribution in [3.05, 3.63) is 35.9 Å². The standard InChI is InChI=1S/C18H26N2O/c21-18(16-8-4-5-9-16)19-17-10-12-20(13-11-17)14-15-6-2-1-3-7-15/h1-3,6-7,16-17H,4-5,8-14H2,(H,19,21). The molecule has 0 radical (unpaired) electrons. The van der Waals surface area contributed by atoms with Crippen LogP contribution in [0.1, 0.15) is 44.1 Å². The molecule has 1 aliphatic heterocycles. The van der Waals surface area contributed by atoms with Crippen LogP contribution in [0.15, 0.2) is 30.3 Å². The molecule has 0 spiro atoms. The third-order valence-electron chi connectivity index (χ3n) is 4.91. The molecule has 1 amide bonds. The first-order chi connectivity index (χ1) is 10.3. The van der Waals surface area contributed by atoms with Crippen molar-refractivity contribution in [2.75, 3.05) is 13.1 Å². The fraction of sp³-hybridized carbons (Fsp3) is 0.611. The van der Waals surface area contributed by atoms with E-state index in [1.807, 2.05) is 0 Å². The molecule has 21 heavy (non-hydrogen) atoms. The summed E-state index contributed by atoms with van der Waals surface area (Å²) in [6, 6.07) is 11.0. The molecule has 2 fully saturated rings. The number of rotatable bonds is 4. The van der Waals surface area contributed by atoms with Crippen LogP contribution in [0.25, 0.3) is 0 Å². The molecule has 0 aromatic heterocycles. The van der Waals surface area contributed by atoms with Gasteiger partial charge in [0.2, 0.25) is 5.91 Å². The lowest BCUT2D eigenvalue weighted by atomic mass is 10.0. The molecule has 1 heterocycles. The van der Waals surface area contributed by atoms with Gasteiger partial charge in [-0.3, -0.25) is 9.69 Å². The summed E-state index contributed by atoms with van der Waals surface area (Å²) >= 11 is 0. The minimum Gasteiger partial charge on any atom is -0.353 e. The summed E-state index contributed by atoms with van der Waals surface area (Å²) in [5, 5.41) is 3.28. The van der Waals surface area contributed by atoms with Crippen LogP contribution in [-0.2, 0) is 11.3 Å². The minimum absolute atomic E-state index is 0.298. The Morgan fingerprint density at radius 1 is 1.05 bits per heavy atom. The van der Waals surface area contributed by atoms with Crippen LogP contribution in [0, 0.1) is 5.92 Å². The molecule has 0 unspecified atom stereocenters. The summed E-state index contributed by atoms with van der Waals surface area (Å²) in [4.78, 5) is 14.7. The van der Waals surface area contributed by atoms with Crippen molar-refractivity contribution >= 4 is 5.91 Å². The number of piperidine rings is 1. The number of nitrogens with zero attached hydrogens (tertiary/aromatic N) is 1. The van der Waals surface area contributed by atoms with Crippen molar-refractivity contribution in [2.24, 2.45) is 5.92 Å². The summed E-state index contributed by atoms with van der Waals surface area (Å²) < 4.78 is 0. The Bertz CT molecular complexity index is 446. The van der Waals surface area contributed by atoms with Crippen molar-refractivity contribution in [1.29, 1.82) is 0 Å². The monoisotopic (exact) mass is 286 g/mol. The van der Waals surface area contributed by atoms with Gasteiger partial charge in [-0.2, -0.15) is 0 Å². The highest BCUT2D eigenvalue weighted by Gasteiger charge is 2.26. The summed E-state index contributed by atoms with van der Waals surface area (Å²) in [5.41, 5.74) is 1.38. The fourth-order valence-electron chi connectivity index (χ4n) is 3.58. The van der Waals surface area contributed by atoms with Crippen molar-refractivity contribution < 1.29 is 4.79 Å². The van der Waals surface area contributed by atoms with Gasteiger partial charge in [0.1, 0.15) is 0 Å². The molecule has 1 saturated carbocycles. The van der Waals surface area contributed by atoms with Gasteiger partial charge in [-0.1, -0.05) is 43.2 Å². The van der Waals surface area contributed by atoms with Gasteiger partial charge in [-0.15, -0.1) is 0 Å². The van der Waals surface area contributed by atoms with Crippen LogP contribution >= 0.6 is 0 Å². The van der Waals surface area contributed by atoms with Gasteiger partial charge in [-0.25, -0.2) is 0 Å². The van der Waals surface area contributed by atoms with Crippen LogP contribution in [0.5, 0.6) is 0 Å². The molecule has 1 aromatic carbocycles. The first-order valence-electron chi connectivity index (χ1n) is 8.38. The second-order valence-electron chi connectivity index (χ2n) is 6.53. The molecular weight excluding hydrogens is 260 g/mol. The summed E-state index contributed by atoms with van der Waals surface area (Å²) in [6.07, 6.45) is 6.83. The number of amides is 1. The normalized spacial score (nSPS) is 21.5. The lowest BCUT2D eigenvalue weighted by Crippen LogP contribution is -2.45. The molecule has 1 N–H and O–H groups in total. The highest BCUT2D eigenvalue weighted by molar-refractivity contribution is 5.79. The van der Waals surface area contributed by atoms with Crippen molar-refractivity contribution in [3.8, 4) is 0 Å². The van der Waals surface area contributed by atoms with Gasteiger partial charge in [-0.05, 0) is 31.2 Å². The Kier molecular flexibility index (Phi) is 4.91. The van der Waals surface area contributed by atoms with E-state index in [2.05, 4.69) is 40.5 Å². The summed E-state index contributed by atoms with van der Waals surface area (Å²) in [6.45, 7) is 3.21. The Labute approximate surface area is 127 Å². The third-order valence-corrected chi connectivity index (χ3v) is 4.91. The second kappa shape index (κ2) is 7.08. The van der Waals surface area contributed by atoms with E-state index < -0.39 is 0 Å². The zero-order valence-electron chi connectivity index (χ0n) is 12.8. The fourth-order valence-corrected chi connectivity index (χ4v) is 3.58. The number of hydrogen-bond acceptors (Lipinski definition) is 2. The van der Waals surface area contributed by atoms with E-state index in [1.54, 1.807) is 0 Å². The topological polar surface area (TPSA) is 32.3 Å². The predicted molar refractivity (Wildman–Crippen MR) is 84.8 cm³/mol. The zero-order valence-corrected chi connectivity index (χ0v) is 12.8. The lowest BCUT2D eigenvalue weighted by Gasteiger charge is -2.32. The van der Waals surface area contributed by atoms with E-state index in [9.17, 15) is 4.79 Å².